The SMILES string of the molecule is Cc1ccc(-c2nnc(-c3cc(C=O)cc4c3OC3(C=C4)N(C)c4ccc(Cl)cc4C3(C)C)o2)cc1. The van der Waals surface area contributed by atoms with Crippen LogP contribution in [0, 0.1) is 6.92 Å². The summed E-state index contributed by atoms with van der Waals surface area (Å²) in [5.74, 6) is 1.27. The van der Waals surface area contributed by atoms with Crippen LogP contribution in [0.2, 0.25) is 5.02 Å². The van der Waals surface area contributed by atoms with Crippen LogP contribution in [0.4, 0.5) is 5.69 Å². The van der Waals surface area contributed by atoms with Crippen molar-refractivity contribution >= 4 is 29.7 Å². The molecule has 0 fully saturated rings. The number of nitrogens with zero attached hydrogens (tertiary/aromatic N) is 3. The summed E-state index contributed by atoms with van der Waals surface area (Å²) in [6.45, 7) is 6.31. The second-order valence-corrected chi connectivity index (χ2v) is 10.3. The Morgan fingerprint density at radius 1 is 1.00 bits per heavy atom. The lowest BCUT2D eigenvalue weighted by Crippen LogP contribution is -2.58. The molecule has 3 aromatic carbocycles. The minimum absolute atomic E-state index is 0.287. The first-order valence-electron chi connectivity index (χ1n) is 11.7. The van der Waals surface area contributed by atoms with Gasteiger partial charge in [0.15, 0.2) is 0 Å². The highest BCUT2D eigenvalue weighted by Crippen LogP contribution is 2.55. The number of hydrogen-bond donors (Lipinski definition) is 0. The zero-order valence-corrected chi connectivity index (χ0v) is 21.1. The number of fused-ring (bicyclic) bond motifs is 2. The normalized spacial score (nSPS) is 19.2. The molecule has 0 aliphatic carbocycles. The second-order valence-electron chi connectivity index (χ2n) is 9.86. The van der Waals surface area contributed by atoms with Gasteiger partial charge in [0.25, 0.3) is 5.89 Å². The molecule has 3 heterocycles. The van der Waals surface area contributed by atoms with E-state index in [-0.39, 0.29) is 5.89 Å². The molecule has 4 aromatic rings. The Kier molecular flexibility index (Phi) is 4.89. The number of aldehydes is 1. The van der Waals surface area contributed by atoms with Gasteiger partial charge in [0.1, 0.15) is 12.0 Å². The third-order valence-electron chi connectivity index (χ3n) is 7.36. The van der Waals surface area contributed by atoms with Crippen LogP contribution in [-0.4, -0.2) is 29.3 Å². The van der Waals surface area contributed by atoms with E-state index in [9.17, 15) is 4.79 Å². The van der Waals surface area contributed by atoms with E-state index in [2.05, 4.69) is 28.9 Å². The summed E-state index contributed by atoms with van der Waals surface area (Å²) in [6.07, 6.45) is 4.86. The Morgan fingerprint density at radius 2 is 1.75 bits per heavy atom. The largest absolute Gasteiger partial charge is 0.462 e. The number of halogens is 1. The maximum absolute atomic E-state index is 11.8. The van der Waals surface area contributed by atoms with Crippen molar-refractivity contribution in [3.63, 3.8) is 0 Å². The Hall–Kier alpha value is -3.90. The molecule has 0 saturated carbocycles. The summed E-state index contributed by atoms with van der Waals surface area (Å²) in [4.78, 5) is 13.9. The van der Waals surface area contributed by atoms with Crippen LogP contribution in [-0.2, 0) is 5.41 Å². The van der Waals surface area contributed by atoms with Crippen molar-refractivity contribution in [2.24, 2.45) is 0 Å². The van der Waals surface area contributed by atoms with Crippen molar-refractivity contribution in [1.82, 2.24) is 10.2 Å². The van der Waals surface area contributed by atoms with Crippen LogP contribution >= 0.6 is 11.6 Å². The van der Waals surface area contributed by atoms with Gasteiger partial charge in [-0.1, -0.05) is 29.3 Å². The molecule has 0 saturated heterocycles. The summed E-state index contributed by atoms with van der Waals surface area (Å²) in [5, 5.41) is 9.27. The van der Waals surface area contributed by atoms with Crippen LogP contribution in [0.1, 0.15) is 40.9 Å². The van der Waals surface area contributed by atoms with E-state index >= 15 is 0 Å². The van der Waals surface area contributed by atoms with E-state index in [0.717, 1.165) is 34.2 Å². The van der Waals surface area contributed by atoms with Crippen molar-refractivity contribution in [3.8, 4) is 28.7 Å². The Labute approximate surface area is 214 Å². The zero-order chi connectivity index (χ0) is 25.2. The number of benzene rings is 3. The number of anilines is 1. The average molecular weight is 498 g/mol. The molecule has 0 amide bonds. The highest BCUT2D eigenvalue weighted by atomic mass is 35.5. The van der Waals surface area contributed by atoms with Gasteiger partial charge in [0.05, 0.1) is 11.0 Å². The Balaban J connectivity index is 1.49. The Bertz CT molecular complexity index is 1550. The van der Waals surface area contributed by atoms with Gasteiger partial charge in [0.2, 0.25) is 11.6 Å². The molecule has 0 bridgehead atoms. The van der Waals surface area contributed by atoms with E-state index in [1.165, 1.54) is 0 Å². The van der Waals surface area contributed by atoms with Crippen LogP contribution < -0.4 is 9.64 Å². The van der Waals surface area contributed by atoms with Gasteiger partial charge in [-0.3, -0.25) is 4.79 Å². The summed E-state index contributed by atoms with van der Waals surface area (Å²) in [7, 11) is 2.01. The lowest BCUT2D eigenvalue weighted by molar-refractivity contribution is 0.0586. The lowest BCUT2D eigenvalue weighted by atomic mass is 9.76. The number of carbonyl (C=O) groups excluding carboxylic acids is 1. The quantitative estimate of drug-likeness (QED) is 0.293. The number of carbonyl (C=O) groups is 1. The predicted octanol–water partition coefficient (Wildman–Crippen LogP) is 6.71. The van der Waals surface area contributed by atoms with Gasteiger partial charge >= 0.3 is 0 Å². The van der Waals surface area contributed by atoms with Crippen LogP contribution in [0.25, 0.3) is 29.0 Å². The summed E-state index contributed by atoms with van der Waals surface area (Å²) >= 11 is 6.37. The molecule has 0 radical (unpaired) electrons. The minimum Gasteiger partial charge on any atom is -0.462 e. The van der Waals surface area contributed by atoms with Crippen LogP contribution in [0.15, 0.2) is 65.1 Å². The second kappa shape index (κ2) is 7.80. The molecule has 7 heteroatoms. The molecule has 1 spiro atoms. The summed E-state index contributed by atoms with van der Waals surface area (Å²) < 4.78 is 13.0. The standard InChI is InChI=1S/C29H24ClN3O3/c1-17-5-7-19(8-6-17)26-31-32-27(35-26)22-14-18(16-34)13-20-11-12-29(36-25(20)22)28(2,3)23-15-21(30)9-10-24(23)33(29)4/h5-16H,1-4H3. The Morgan fingerprint density at radius 3 is 2.50 bits per heavy atom. The van der Waals surface area contributed by atoms with E-state index in [4.69, 9.17) is 20.8 Å². The van der Waals surface area contributed by atoms with E-state index in [0.29, 0.717) is 27.8 Å². The molecule has 2 aliphatic heterocycles. The van der Waals surface area contributed by atoms with Gasteiger partial charge in [-0.15, -0.1) is 10.2 Å². The van der Waals surface area contributed by atoms with Crippen LogP contribution in [0.3, 0.4) is 0 Å². The lowest BCUT2D eigenvalue weighted by Gasteiger charge is -2.46. The molecule has 1 unspecified atom stereocenters. The fourth-order valence-corrected chi connectivity index (χ4v) is 5.46. The van der Waals surface area contributed by atoms with E-state index in [1.54, 1.807) is 12.1 Å². The highest BCUT2D eigenvalue weighted by Gasteiger charge is 2.58. The number of hydrogen-bond acceptors (Lipinski definition) is 6. The van der Waals surface area contributed by atoms with Crippen molar-refractivity contribution < 1.29 is 13.9 Å². The first kappa shape index (κ1) is 22.6. The van der Waals surface area contributed by atoms with Crippen molar-refractivity contribution in [1.29, 1.82) is 0 Å². The first-order chi connectivity index (χ1) is 17.2. The predicted molar refractivity (Wildman–Crippen MR) is 141 cm³/mol. The van der Waals surface area contributed by atoms with Gasteiger partial charge in [-0.25, -0.2) is 0 Å². The molecule has 2 aliphatic rings. The fourth-order valence-electron chi connectivity index (χ4n) is 5.28. The molecular weight excluding hydrogens is 474 g/mol. The minimum atomic E-state index is -0.829. The average Bonchev–Trinajstić information content (AvgIpc) is 3.42. The number of likely N-dealkylation sites (N-methyl/N-ethyl adjacent to an activating group) is 1. The third kappa shape index (κ3) is 3.14. The first-order valence-corrected chi connectivity index (χ1v) is 12.1. The van der Waals surface area contributed by atoms with Crippen molar-refractivity contribution in [2.75, 3.05) is 11.9 Å². The number of rotatable bonds is 3. The van der Waals surface area contributed by atoms with Gasteiger partial charge < -0.3 is 14.1 Å². The molecule has 1 aromatic heterocycles. The van der Waals surface area contributed by atoms with E-state index in [1.807, 2.05) is 68.6 Å². The summed E-state index contributed by atoms with van der Waals surface area (Å²) in [5.41, 5.74) is 4.67. The number of aryl methyl sites for hydroxylation is 1. The molecule has 36 heavy (non-hydrogen) atoms. The van der Waals surface area contributed by atoms with E-state index < -0.39 is 11.1 Å². The van der Waals surface area contributed by atoms with Gasteiger partial charge in [-0.2, -0.15) is 0 Å². The van der Waals surface area contributed by atoms with Crippen molar-refractivity contribution in [3.05, 3.63) is 87.9 Å². The maximum atomic E-state index is 11.8. The zero-order valence-electron chi connectivity index (χ0n) is 20.4. The third-order valence-corrected chi connectivity index (χ3v) is 7.60. The fraction of sp³-hybridized carbons (Fsp3) is 0.207. The molecule has 180 valence electrons. The molecule has 1 atom stereocenters. The number of ether oxygens (including phenoxy) is 1. The molecule has 6 nitrogen and oxygen atoms in total. The summed E-state index contributed by atoms with van der Waals surface area (Å²) in [6, 6.07) is 17.3. The van der Waals surface area contributed by atoms with Gasteiger partial charge in [-0.05, 0) is 81.0 Å². The highest BCUT2D eigenvalue weighted by molar-refractivity contribution is 6.30. The molecular formula is C29H24ClN3O3. The topological polar surface area (TPSA) is 68.5 Å². The molecule has 0 N–H and O–H groups in total. The maximum Gasteiger partial charge on any atom is 0.251 e. The monoisotopic (exact) mass is 497 g/mol. The van der Waals surface area contributed by atoms with Crippen molar-refractivity contribution in [2.45, 2.75) is 31.9 Å². The number of aromatic nitrogens is 2. The molecule has 6 rings (SSSR count). The van der Waals surface area contributed by atoms with Crippen LogP contribution in [0.5, 0.6) is 5.75 Å². The van der Waals surface area contributed by atoms with Gasteiger partial charge in [0, 0.05) is 34.4 Å². The smallest absolute Gasteiger partial charge is 0.251 e.